The van der Waals surface area contributed by atoms with E-state index in [2.05, 4.69) is 0 Å². The van der Waals surface area contributed by atoms with Crippen molar-refractivity contribution < 1.29 is 39.8 Å². The molecule has 2 aromatic rings. The Hall–Kier alpha value is -0.955. The smallest absolute Gasteiger partial charge is 0.399 e. The second-order valence-electron chi connectivity index (χ2n) is 8.61. The molecule has 0 bridgehead atoms. The Morgan fingerprint density at radius 1 is 0.818 bits per heavy atom. The summed E-state index contributed by atoms with van der Waals surface area (Å²) in [6.45, 7) is 7.37. The van der Waals surface area contributed by atoms with E-state index in [1.165, 1.54) is 45.5 Å². The quantitative estimate of drug-likeness (QED) is 0.162. The van der Waals surface area contributed by atoms with Gasteiger partial charge in [0, 0.05) is 21.2 Å². The largest absolute Gasteiger partial charge is 0.494 e. The zero-order chi connectivity index (χ0) is 24.9. The van der Waals surface area contributed by atoms with Gasteiger partial charge in [0.15, 0.2) is 0 Å². The zero-order valence-electron chi connectivity index (χ0n) is 18.0. The molecule has 0 spiro atoms. The fraction of sp³-hybridized carbons (Fsp3) is 0.429. The Balaban J connectivity index is 2.10. The molecule has 1 saturated heterocycles. The van der Waals surface area contributed by atoms with Gasteiger partial charge in [0.2, 0.25) is 5.60 Å². The molecule has 1 aliphatic heterocycles. The van der Waals surface area contributed by atoms with Crippen LogP contribution < -0.4 is 5.46 Å². The van der Waals surface area contributed by atoms with Crippen LogP contribution in [0.2, 0.25) is 0 Å². The molecule has 0 aromatic heterocycles. The van der Waals surface area contributed by atoms with Crippen molar-refractivity contribution in [2.75, 3.05) is 0 Å². The highest BCUT2D eigenvalue weighted by molar-refractivity contribution is 14.2. The fourth-order valence-corrected chi connectivity index (χ4v) is 4.64. The predicted molar refractivity (Wildman–Crippen MR) is 123 cm³/mol. The molecule has 0 amide bonds. The fourth-order valence-electron chi connectivity index (χ4n) is 3.45. The maximum Gasteiger partial charge on any atom is 0.494 e. The second kappa shape index (κ2) is 8.92. The summed E-state index contributed by atoms with van der Waals surface area (Å²) in [6, 6.07) is 8.20. The van der Waals surface area contributed by atoms with Gasteiger partial charge in [-0.05, 0) is 56.4 Å². The molecule has 1 fully saturated rings. The van der Waals surface area contributed by atoms with Crippen molar-refractivity contribution in [3.8, 4) is 0 Å². The number of hydrogen-bond donors (Lipinski definition) is 0. The standard InChI is InChI=1S/C21H20BF6IO3S/c1-17(2)18(3,4)31-22(30-17)16-10-8-13(9-11-16)19(32-33-29,21(26,27)28)14-6-5-7-15(12-14)20(23,24)25/h5-12H,1-4H3. The highest BCUT2D eigenvalue weighted by Crippen LogP contribution is 2.51. The van der Waals surface area contributed by atoms with Gasteiger partial charge in [-0.2, -0.15) is 26.3 Å². The average molecular weight is 604 g/mol. The summed E-state index contributed by atoms with van der Waals surface area (Å²) >= 11 is 1.51. The maximum absolute atomic E-state index is 14.5. The van der Waals surface area contributed by atoms with E-state index in [0.29, 0.717) is 26.8 Å². The molecule has 0 aliphatic carbocycles. The van der Waals surface area contributed by atoms with Crippen LogP contribution in [0.15, 0.2) is 48.5 Å². The minimum absolute atomic E-state index is 0.376. The highest BCUT2D eigenvalue weighted by Gasteiger charge is 2.60. The summed E-state index contributed by atoms with van der Waals surface area (Å²) < 4.78 is 100. The Kier molecular flexibility index (Phi) is 7.20. The third-order valence-electron chi connectivity index (χ3n) is 5.99. The minimum Gasteiger partial charge on any atom is -0.399 e. The molecule has 3 nitrogen and oxygen atoms in total. The molecule has 0 saturated carbocycles. The van der Waals surface area contributed by atoms with Gasteiger partial charge in [0.1, 0.15) is 0 Å². The van der Waals surface area contributed by atoms with Crippen LogP contribution in [0.25, 0.3) is 0 Å². The Bertz CT molecular complexity index is 981. The van der Waals surface area contributed by atoms with Crippen molar-refractivity contribution in [3.05, 3.63) is 65.2 Å². The highest BCUT2D eigenvalue weighted by atomic mass is 127. The van der Waals surface area contributed by atoms with E-state index in [0.717, 1.165) is 12.1 Å². The first kappa shape index (κ1) is 26.6. The molecule has 3 rings (SSSR count). The molecular weight excluding hydrogens is 584 g/mol. The van der Waals surface area contributed by atoms with Crippen LogP contribution >= 0.6 is 30.4 Å². The number of halogens is 7. The molecule has 1 aliphatic rings. The van der Waals surface area contributed by atoms with Crippen molar-refractivity contribution in [3.63, 3.8) is 0 Å². The van der Waals surface area contributed by atoms with Gasteiger partial charge in [0.05, 0.1) is 26.0 Å². The van der Waals surface area contributed by atoms with Crippen LogP contribution in [-0.4, -0.2) is 24.5 Å². The van der Waals surface area contributed by atoms with Crippen molar-refractivity contribution in [2.45, 2.75) is 56.9 Å². The van der Waals surface area contributed by atoms with Crippen LogP contribution in [0.5, 0.6) is 0 Å². The van der Waals surface area contributed by atoms with Gasteiger partial charge in [0.25, 0.3) is 0 Å². The van der Waals surface area contributed by atoms with E-state index in [1.807, 2.05) is 27.7 Å². The Morgan fingerprint density at radius 2 is 1.33 bits per heavy atom. The maximum atomic E-state index is 14.5. The summed E-state index contributed by atoms with van der Waals surface area (Å²) in [6.07, 6.45) is -9.88. The Labute approximate surface area is 204 Å². The molecule has 2 aromatic carbocycles. The second-order valence-corrected chi connectivity index (χ2v) is 9.99. The van der Waals surface area contributed by atoms with Gasteiger partial charge >= 0.3 is 19.5 Å². The molecule has 1 atom stereocenters. The lowest BCUT2D eigenvalue weighted by molar-refractivity contribution is -0.233. The van der Waals surface area contributed by atoms with E-state index < -0.39 is 47.4 Å². The van der Waals surface area contributed by atoms with Crippen LogP contribution in [0, 0.1) is 0 Å². The SMILES string of the molecule is CC1(C)OB(c2ccc(C(OSI)(c3cccc(C(F)(F)F)c3)C(F)(F)F)cc2)OC1(C)C. The van der Waals surface area contributed by atoms with Crippen molar-refractivity contribution >= 4 is 43.0 Å². The summed E-state index contributed by atoms with van der Waals surface area (Å²) in [4.78, 5) is 0. The summed E-state index contributed by atoms with van der Waals surface area (Å²) in [5, 5.41) is 0. The Morgan fingerprint density at radius 3 is 1.79 bits per heavy atom. The van der Waals surface area contributed by atoms with Gasteiger partial charge in [-0.15, -0.1) is 0 Å². The van der Waals surface area contributed by atoms with E-state index in [-0.39, 0.29) is 5.56 Å². The number of benzene rings is 2. The van der Waals surface area contributed by atoms with Gasteiger partial charge in [-0.25, -0.2) is 0 Å². The van der Waals surface area contributed by atoms with Crippen LogP contribution in [0.4, 0.5) is 26.3 Å². The summed E-state index contributed by atoms with van der Waals surface area (Å²) in [7, 11) is -0.421. The monoisotopic (exact) mass is 604 g/mol. The lowest BCUT2D eigenvalue weighted by Gasteiger charge is -2.35. The molecule has 33 heavy (non-hydrogen) atoms. The topological polar surface area (TPSA) is 27.7 Å². The number of alkyl halides is 6. The molecular formula is C21H20BF6IO3S. The molecule has 1 unspecified atom stereocenters. The van der Waals surface area contributed by atoms with Crippen molar-refractivity contribution in [2.24, 2.45) is 0 Å². The van der Waals surface area contributed by atoms with Gasteiger partial charge < -0.3 is 9.31 Å². The van der Waals surface area contributed by atoms with Gasteiger partial charge in [-0.3, -0.25) is 4.18 Å². The molecule has 0 radical (unpaired) electrons. The first-order valence-electron chi connectivity index (χ1n) is 9.72. The zero-order valence-corrected chi connectivity index (χ0v) is 20.9. The van der Waals surface area contributed by atoms with Crippen molar-refractivity contribution in [1.29, 1.82) is 0 Å². The normalized spacial score (nSPS) is 20.0. The molecule has 180 valence electrons. The average Bonchev–Trinajstić information content (AvgIpc) is 2.92. The van der Waals surface area contributed by atoms with Crippen LogP contribution in [-0.2, 0) is 25.3 Å². The van der Waals surface area contributed by atoms with Crippen LogP contribution in [0.3, 0.4) is 0 Å². The number of rotatable bonds is 5. The predicted octanol–water partition coefficient (Wildman–Crippen LogP) is 6.83. The summed E-state index contributed by atoms with van der Waals surface area (Å²) in [5.41, 5.74) is -6.22. The third-order valence-corrected chi connectivity index (χ3v) is 6.85. The van der Waals surface area contributed by atoms with E-state index >= 15 is 0 Å². The molecule has 12 heteroatoms. The minimum atomic E-state index is -5.07. The third kappa shape index (κ3) is 4.91. The van der Waals surface area contributed by atoms with Crippen LogP contribution in [0.1, 0.15) is 44.4 Å². The molecule has 0 N–H and O–H groups in total. The molecule has 1 heterocycles. The first-order valence-corrected chi connectivity index (χ1v) is 13.0. The van der Waals surface area contributed by atoms with E-state index in [9.17, 15) is 26.3 Å². The van der Waals surface area contributed by atoms with Crippen molar-refractivity contribution in [1.82, 2.24) is 0 Å². The van der Waals surface area contributed by atoms with E-state index in [1.54, 1.807) is 0 Å². The first-order chi connectivity index (χ1) is 15.0. The number of hydrogen-bond acceptors (Lipinski definition) is 4. The summed E-state index contributed by atoms with van der Waals surface area (Å²) in [5.74, 6) is 0. The lowest BCUT2D eigenvalue weighted by atomic mass is 9.77. The van der Waals surface area contributed by atoms with Gasteiger partial charge in [-0.1, -0.05) is 36.4 Å². The van der Waals surface area contributed by atoms with E-state index in [4.69, 9.17) is 13.5 Å². The lowest BCUT2D eigenvalue weighted by Crippen LogP contribution is -2.45.